The molecule has 0 saturated carbocycles. The number of rotatable bonds is 10. The van der Waals surface area contributed by atoms with Crippen molar-refractivity contribution in [3.05, 3.63) is 36.0 Å². The third-order valence-electron chi connectivity index (χ3n) is 14.0. The van der Waals surface area contributed by atoms with E-state index in [9.17, 15) is 30.3 Å². The van der Waals surface area contributed by atoms with Gasteiger partial charge in [-0.25, -0.2) is 4.79 Å². The number of carboxylic acid groups (broad SMARTS) is 1. The highest BCUT2D eigenvalue weighted by Crippen LogP contribution is 2.47. The fourth-order valence-electron chi connectivity index (χ4n) is 10.5. The molecule has 0 radical (unpaired) electrons. The first-order valence-electron chi connectivity index (χ1n) is 21.7. The Morgan fingerprint density at radius 2 is 1.75 bits per heavy atom. The van der Waals surface area contributed by atoms with Crippen molar-refractivity contribution in [2.24, 2.45) is 17.8 Å². The van der Waals surface area contributed by atoms with E-state index < -0.39 is 71.7 Å². The predicted molar refractivity (Wildman–Crippen MR) is 208 cm³/mol. The van der Waals surface area contributed by atoms with Crippen LogP contribution in [0.15, 0.2) is 36.0 Å². The van der Waals surface area contributed by atoms with Crippen LogP contribution in [0.25, 0.3) is 0 Å². The third-order valence-corrected chi connectivity index (χ3v) is 14.0. The Labute approximate surface area is 337 Å². The number of aliphatic hydroxyl groups excluding tert-OH is 3. The maximum atomic E-state index is 11.6. The molecule has 0 aromatic heterocycles. The molecule has 13 nitrogen and oxygen atoms in total. The van der Waals surface area contributed by atoms with E-state index in [4.69, 9.17) is 33.2 Å². The van der Waals surface area contributed by atoms with Gasteiger partial charge in [0, 0.05) is 38.0 Å². The summed E-state index contributed by atoms with van der Waals surface area (Å²) < 4.78 is 45.2. The first-order valence-corrected chi connectivity index (χ1v) is 21.7. The van der Waals surface area contributed by atoms with Crippen molar-refractivity contribution in [1.82, 2.24) is 0 Å². The van der Waals surface area contributed by atoms with Crippen molar-refractivity contribution in [3.8, 4) is 0 Å². The quantitative estimate of drug-likeness (QED) is 0.182. The lowest BCUT2D eigenvalue weighted by Gasteiger charge is -2.50. The summed E-state index contributed by atoms with van der Waals surface area (Å²) in [6, 6.07) is 0. The fourth-order valence-corrected chi connectivity index (χ4v) is 10.5. The summed E-state index contributed by atoms with van der Waals surface area (Å²) in [7, 11) is 0. The highest BCUT2D eigenvalue weighted by Gasteiger charge is 2.55. The monoisotopic (exact) mass is 804 g/mol. The minimum absolute atomic E-state index is 0.0423. The normalized spacial score (nSPS) is 45.4. The van der Waals surface area contributed by atoms with Crippen LogP contribution in [-0.4, -0.2) is 122 Å². The second-order valence-electron chi connectivity index (χ2n) is 18.9. The van der Waals surface area contributed by atoms with Crippen LogP contribution in [-0.2, 0) is 38.0 Å². The molecular weight excluding hydrogens is 736 g/mol. The molecule has 7 heterocycles. The lowest BCUT2D eigenvalue weighted by molar-refractivity contribution is -0.321. The van der Waals surface area contributed by atoms with Gasteiger partial charge in [-0.1, -0.05) is 45.1 Å². The molecule has 6 fully saturated rings. The van der Waals surface area contributed by atoms with Crippen molar-refractivity contribution in [3.63, 3.8) is 0 Å². The SMILES string of the molecule is C=C1[C@@H](O)C2O[C@@]3(CCC2O[C@@H]1C(O)C[C@H](C)C1O[C@@]2(CCCCO2)CC[C@H]1C)CC[C@H](/C=C/[C@@H](C)[C@@H]1CC(C)=C[C@@]2(O[C@H](C[C@@](C)(O)C(=O)O)CCC2O)O1)O3. The highest BCUT2D eigenvalue weighted by molar-refractivity contribution is 5.76. The first-order chi connectivity index (χ1) is 26.9. The van der Waals surface area contributed by atoms with Gasteiger partial charge < -0.3 is 58.7 Å². The van der Waals surface area contributed by atoms with Crippen molar-refractivity contribution >= 4 is 5.97 Å². The Hall–Kier alpha value is -1.75. The number of hydrogen-bond donors (Lipinski definition) is 5. The van der Waals surface area contributed by atoms with E-state index in [0.717, 1.165) is 50.7 Å². The highest BCUT2D eigenvalue weighted by atomic mass is 16.7. The second kappa shape index (κ2) is 17.0. The molecule has 7 rings (SSSR count). The van der Waals surface area contributed by atoms with Gasteiger partial charge in [0.2, 0.25) is 5.79 Å². The molecule has 0 aliphatic carbocycles. The van der Waals surface area contributed by atoms with Crippen LogP contribution in [0.2, 0.25) is 0 Å². The summed E-state index contributed by atoms with van der Waals surface area (Å²) in [6.07, 6.45) is 9.37. The summed E-state index contributed by atoms with van der Waals surface area (Å²) in [5, 5.41) is 54.0. The minimum atomic E-state index is -1.96. The van der Waals surface area contributed by atoms with Gasteiger partial charge in [-0.2, -0.15) is 0 Å². The molecule has 7 aliphatic rings. The second-order valence-corrected chi connectivity index (χ2v) is 18.9. The van der Waals surface area contributed by atoms with E-state index in [0.29, 0.717) is 56.4 Å². The Bertz CT molecular complexity index is 1510. The predicted octanol–water partition coefficient (Wildman–Crippen LogP) is 5.21. The number of fused-ring (bicyclic) bond motifs is 1. The number of aliphatic hydroxyl groups is 4. The van der Waals surface area contributed by atoms with E-state index in [1.165, 1.54) is 6.92 Å². The Morgan fingerprint density at radius 3 is 2.49 bits per heavy atom. The topological polar surface area (TPSA) is 183 Å². The van der Waals surface area contributed by atoms with Gasteiger partial charge in [-0.3, -0.25) is 0 Å². The van der Waals surface area contributed by atoms with E-state index in [2.05, 4.69) is 26.5 Å². The van der Waals surface area contributed by atoms with Crippen molar-refractivity contribution in [1.29, 1.82) is 0 Å². The number of hydrogen-bond acceptors (Lipinski definition) is 12. The molecule has 3 spiro atoms. The van der Waals surface area contributed by atoms with Gasteiger partial charge in [0.15, 0.2) is 17.2 Å². The summed E-state index contributed by atoms with van der Waals surface area (Å²) in [5.74, 6) is -3.82. The first kappa shape index (κ1) is 43.3. The van der Waals surface area contributed by atoms with Crippen LogP contribution in [0.5, 0.6) is 0 Å². The molecular formula is C44H68O13. The zero-order valence-corrected chi connectivity index (χ0v) is 34.6. The van der Waals surface area contributed by atoms with Gasteiger partial charge >= 0.3 is 5.97 Å². The van der Waals surface area contributed by atoms with Gasteiger partial charge in [0.1, 0.15) is 24.4 Å². The maximum Gasteiger partial charge on any atom is 0.335 e. The van der Waals surface area contributed by atoms with Gasteiger partial charge in [0.25, 0.3) is 0 Å². The van der Waals surface area contributed by atoms with E-state index in [1.54, 1.807) is 6.08 Å². The molecule has 0 bridgehead atoms. The Morgan fingerprint density at radius 1 is 1.00 bits per heavy atom. The van der Waals surface area contributed by atoms with Crippen LogP contribution in [0.3, 0.4) is 0 Å². The fraction of sp³-hybridized carbons (Fsp3) is 0.841. The van der Waals surface area contributed by atoms with Crippen LogP contribution in [0.4, 0.5) is 0 Å². The Kier molecular flexibility index (Phi) is 12.9. The average molecular weight is 805 g/mol. The number of ether oxygens (including phenoxy) is 7. The molecule has 322 valence electrons. The molecule has 13 heteroatoms. The zero-order chi connectivity index (χ0) is 40.9. The minimum Gasteiger partial charge on any atom is -0.479 e. The van der Waals surface area contributed by atoms with Crippen LogP contribution < -0.4 is 0 Å². The number of aliphatic carboxylic acids is 1. The van der Waals surface area contributed by atoms with Crippen molar-refractivity contribution in [2.45, 2.75) is 209 Å². The molecule has 5 N–H and O–H groups in total. The largest absolute Gasteiger partial charge is 0.479 e. The lowest BCUT2D eigenvalue weighted by atomic mass is 9.79. The van der Waals surface area contributed by atoms with E-state index >= 15 is 0 Å². The molecule has 0 aromatic carbocycles. The molecule has 7 aliphatic heterocycles. The smallest absolute Gasteiger partial charge is 0.335 e. The zero-order valence-electron chi connectivity index (χ0n) is 34.6. The lowest BCUT2D eigenvalue weighted by Crippen LogP contribution is -2.60. The standard InChI is InChI=1S/C44H68O13/c1-25-21-34(55-44(23-25)35(46)12-11-31(54-44)24-41(6,50)40(48)49)26(2)9-10-30-14-18-43(53-30)19-15-33-39(57-43)36(47)29(5)38(52-33)32(45)22-28(4)37-27(3)13-17-42(56-37)16-7-8-20-51-42/h9-10,23,26-28,30-39,45-47,50H,5,7-8,11-22,24H2,1-4,6H3,(H,48,49)/b10-9+/t26-,27-,28+,30+,31+,32?,33?,34+,35?,36-,37?,38+,39?,41-,42+,43-,44-/m1/s1. The van der Waals surface area contributed by atoms with Crippen molar-refractivity contribution < 1.29 is 63.5 Å². The maximum absolute atomic E-state index is 11.6. The van der Waals surface area contributed by atoms with Crippen LogP contribution >= 0.6 is 0 Å². The summed E-state index contributed by atoms with van der Waals surface area (Å²) in [5.41, 5.74) is -0.551. The van der Waals surface area contributed by atoms with Gasteiger partial charge in [0.05, 0.1) is 43.2 Å². The van der Waals surface area contributed by atoms with Crippen LogP contribution in [0.1, 0.15) is 125 Å². The third kappa shape index (κ3) is 9.15. The summed E-state index contributed by atoms with van der Waals surface area (Å²) in [4.78, 5) is 11.6. The Balaban J connectivity index is 0.920. The van der Waals surface area contributed by atoms with Gasteiger partial charge in [-0.15, -0.1) is 0 Å². The van der Waals surface area contributed by atoms with E-state index in [-0.39, 0.29) is 36.6 Å². The number of carbonyl (C=O) groups is 1. The van der Waals surface area contributed by atoms with Crippen LogP contribution in [0, 0.1) is 17.8 Å². The van der Waals surface area contributed by atoms with Gasteiger partial charge in [-0.05, 0) is 95.1 Å². The molecule has 57 heavy (non-hydrogen) atoms. The molecule has 0 amide bonds. The molecule has 0 aromatic rings. The molecule has 17 atom stereocenters. The van der Waals surface area contributed by atoms with E-state index in [1.807, 2.05) is 19.9 Å². The molecule has 5 unspecified atom stereocenters. The summed E-state index contributed by atoms with van der Waals surface area (Å²) >= 11 is 0. The summed E-state index contributed by atoms with van der Waals surface area (Å²) in [6.45, 7) is 14.5. The van der Waals surface area contributed by atoms with Crippen molar-refractivity contribution in [2.75, 3.05) is 6.61 Å². The average Bonchev–Trinajstić information content (AvgIpc) is 3.56. The molecule has 6 saturated heterocycles. The number of carboxylic acids is 1.